The van der Waals surface area contributed by atoms with Crippen molar-refractivity contribution in [3.05, 3.63) is 12.2 Å². The lowest BCUT2D eigenvalue weighted by atomic mass is 9.75. The van der Waals surface area contributed by atoms with E-state index in [1.54, 1.807) is 0 Å². The Balaban J connectivity index is 2.68. The fraction of sp³-hybridized carbons (Fsp3) is 0.727. The molecule has 0 heterocycles. The van der Waals surface area contributed by atoms with Gasteiger partial charge in [0, 0.05) is 0 Å². The maximum atomic E-state index is 11.7. The third-order valence-corrected chi connectivity index (χ3v) is 2.85. The van der Waals surface area contributed by atoms with Crippen LogP contribution in [0.1, 0.15) is 39.5 Å². The van der Waals surface area contributed by atoms with E-state index in [2.05, 4.69) is 19.1 Å². The highest BCUT2D eigenvalue weighted by molar-refractivity contribution is 5.77. The van der Waals surface area contributed by atoms with E-state index in [1.165, 1.54) is 0 Å². The summed E-state index contributed by atoms with van der Waals surface area (Å²) >= 11 is 0. The number of hydrogen-bond donors (Lipinski definition) is 0. The van der Waals surface area contributed by atoms with E-state index >= 15 is 0 Å². The molecule has 0 amide bonds. The van der Waals surface area contributed by atoms with Crippen molar-refractivity contribution in [2.75, 3.05) is 6.61 Å². The summed E-state index contributed by atoms with van der Waals surface area (Å²) in [5.41, 5.74) is -0.217. The molecule has 0 spiro atoms. The Morgan fingerprint density at radius 2 is 2.23 bits per heavy atom. The molecule has 0 aromatic heterocycles. The van der Waals surface area contributed by atoms with E-state index in [-0.39, 0.29) is 11.4 Å². The van der Waals surface area contributed by atoms with Gasteiger partial charge in [-0.1, -0.05) is 19.1 Å². The molecule has 2 heteroatoms. The van der Waals surface area contributed by atoms with E-state index in [0.29, 0.717) is 6.61 Å². The molecule has 2 nitrogen and oxygen atoms in total. The largest absolute Gasteiger partial charge is 0.466 e. The highest BCUT2D eigenvalue weighted by Crippen LogP contribution is 2.37. The summed E-state index contributed by atoms with van der Waals surface area (Å²) in [6.07, 6.45) is 7.93. The van der Waals surface area contributed by atoms with Crippen molar-refractivity contribution in [1.82, 2.24) is 0 Å². The molecule has 1 aliphatic rings. The molecule has 74 valence electrons. The molecule has 0 N–H and O–H groups in total. The van der Waals surface area contributed by atoms with Crippen LogP contribution in [0.4, 0.5) is 0 Å². The Labute approximate surface area is 80.0 Å². The third-order valence-electron chi connectivity index (χ3n) is 2.85. The van der Waals surface area contributed by atoms with Gasteiger partial charge in [-0.25, -0.2) is 0 Å². The summed E-state index contributed by atoms with van der Waals surface area (Å²) in [5.74, 6) is -0.0122. The van der Waals surface area contributed by atoms with Crippen LogP contribution in [-0.4, -0.2) is 12.6 Å². The van der Waals surface area contributed by atoms with Crippen molar-refractivity contribution in [2.24, 2.45) is 5.41 Å². The second-order valence-corrected chi connectivity index (χ2v) is 3.57. The minimum absolute atomic E-state index is 0.0122. The van der Waals surface area contributed by atoms with Gasteiger partial charge >= 0.3 is 5.97 Å². The Morgan fingerprint density at radius 3 is 2.69 bits per heavy atom. The maximum absolute atomic E-state index is 11.7. The van der Waals surface area contributed by atoms with Crippen LogP contribution >= 0.6 is 0 Å². The van der Waals surface area contributed by atoms with Gasteiger partial charge in [-0.15, -0.1) is 0 Å². The molecule has 0 saturated carbocycles. The topological polar surface area (TPSA) is 26.3 Å². The molecule has 0 radical (unpaired) electrons. The van der Waals surface area contributed by atoms with Gasteiger partial charge in [0.05, 0.1) is 12.0 Å². The zero-order chi connectivity index (χ0) is 9.73. The Bertz CT molecular complexity index is 208. The number of carbonyl (C=O) groups excluding carboxylic acids is 1. The zero-order valence-corrected chi connectivity index (χ0v) is 8.51. The first-order valence-electron chi connectivity index (χ1n) is 5.07. The smallest absolute Gasteiger partial charge is 0.312 e. The molecule has 0 aromatic carbocycles. The van der Waals surface area contributed by atoms with Gasteiger partial charge in [-0.3, -0.25) is 4.79 Å². The average molecular weight is 182 g/mol. The number of allylic oxidation sites excluding steroid dienone is 2. The molecule has 1 atom stereocenters. The summed E-state index contributed by atoms with van der Waals surface area (Å²) < 4.78 is 5.10. The van der Waals surface area contributed by atoms with Crippen molar-refractivity contribution in [2.45, 2.75) is 39.5 Å². The lowest BCUT2D eigenvalue weighted by Gasteiger charge is -2.31. The van der Waals surface area contributed by atoms with Gasteiger partial charge in [-0.05, 0) is 32.6 Å². The summed E-state index contributed by atoms with van der Waals surface area (Å²) in [4.78, 5) is 11.7. The van der Waals surface area contributed by atoms with Crippen LogP contribution in [0, 0.1) is 5.41 Å². The molecule has 0 saturated heterocycles. The minimum Gasteiger partial charge on any atom is -0.466 e. The normalized spacial score (nSPS) is 27.2. The Morgan fingerprint density at radius 1 is 1.46 bits per heavy atom. The molecule has 0 aliphatic heterocycles. The van der Waals surface area contributed by atoms with Gasteiger partial charge in [0.15, 0.2) is 0 Å². The molecule has 0 fully saturated rings. The van der Waals surface area contributed by atoms with Gasteiger partial charge in [0.25, 0.3) is 0 Å². The van der Waals surface area contributed by atoms with Crippen LogP contribution in [0.5, 0.6) is 0 Å². The molecular weight excluding hydrogens is 164 g/mol. The Hall–Kier alpha value is -0.790. The second-order valence-electron chi connectivity index (χ2n) is 3.57. The number of hydrogen-bond acceptors (Lipinski definition) is 2. The third kappa shape index (κ3) is 2.11. The highest BCUT2D eigenvalue weighted by Gasteiger charge is 2.37. The van der Waals surface area contributed by atoms with E-state index in [0.717, 1.165) is 25.7 Å². The van der Waals surface area contributed by atoms with Crippen LogP contribution in [0.3, 0.4) is 0 Å². The summed E-state index contributed by atoms with van der Waals surface area (Å²) in [6, 6.07) is 0. The van der Waals surface area contributed by atoms with Crippen molar-refractivity contribution in [1.29, 1.82) is 0 Å². The van der Waals surface area contributed by atoms with E-state index in [4.69, 9.17) is 4.74 Å². The van der Waals surface area contributed by atoms with E-state index in [1.807, 2.05) is 6.92 Å². The van der Waals surface area contributed by atoms with Crippen molar-refractivity contribution >= 4 is 5.97 Å². The molecule has 1 aliphatic carbocycles. The van der Waals surface area contributed by atoms with Crippen molar-refractivity contribution in [3.8, 4) is 0 Å². The van der Waals surface area contributed by atoms with E-state index in [9.17, 15) is 4.79 Å². The lowest BCUT2D eigenvalue weighted by Crippen LogP contribution is -2.33. The molecule has 0 bridgehead atoms. The predicted octanol–water partition coefficient (Wildman–Crippen LogP) is 2.69. The van der Waals surface area contributed by atoms with E-state index < -0.39 is 0 Å². The number of rotatable bonds is 3. The van der Waals surface area contributed by atoms with Crippen LogP contribution < -0.4 is 0 Å². The molecular formula is C11H18O2. The molecule has 13 heavy (non-hydrogen) atoms. The lowest BCUT2D eigenvalue weighted by molar-refractivity contribution is -0.156. The van der Waals surface area contributed by atoms with Crippen molar-refractivity contribution in [3.63, 3.8) is 0 Å². The standard InChI is InChI=1S/C11H18O2/c1-3-11(10(12)13-4-2)8-6-5-7-9-11/h5-6H,3-4,7-9H2,1-2H3. The second kappa shape index (κ2) is 4.45. The summed E-state index contributed by atoms with van der Waals surface area (Å²) in [5, 5.41) is 0. The van der Waals surface area contributed by atoms with Crippen LogP contribution in [0.25, 0.3) is 0 Å². The zero-order valence-electron chi connectivity index (χ0n) is 8.51. The fourth-order valence-corrected chi connectivity index (χ4v) is 1.82. The van der Waals surface area contributed by atoms with Crippen LogP contribution in [-0.2, 0) is 9.53 Å². The number of esters is 1. The average Bonchev–Trinajstić information content (AvgIpc) is 2.19. The summed E-state index contributed by atoms with van der Waals surface area (Å²) in [7, 11) is 0. The quantitative estimate of drug-likeness (QED) is 0.495. The first kappa shape index (κ1) is 10.3. The maximum Gasteiger partial charge on any atom is 0.312 e. The Kier molecular flexibility index (Phi) is 3.52. The number of carbonyl (C=O) groups is 1. The monoisotopic (exact) mass is 182 g/mol. The molecule has 1 rings (SSSR count). The molecule has 1 unspecified atom stereocenters. The first-order valence-corrected chi connectivity index (χ1v) is 5.07. The number of ether oxygens (including phenoxy) is 1. The van der Waals surface area contributed by atoms with Gasteiger partial charge in [-0.2, -0.15) is 0 Å². The van der Waals surface area contributed by atoms with Crippen molar-refractivity contribution < 1.29 is 9.53 Å². The van der Waals surface area contributed by atoms with Gasteiger partial charge < -0.3 is 4.74 Å². The predicted molar refractivity (Wildman–Crippen MR) is 52.3 cm³/mol. The summed E-state index contributed by atoms with van der Waals surface area (Å²) in [6.45, 7) is 4.42. The van der Waals surface area contributed by atoms with Crippen LogP contribution in [0.2, 0.25) is 0 Å². The first-order chi connectivity index (χ1) is 6.25. The fourth-order valence-electron chi connectivity index (χ4n) is 1.82. The van der Waals surface area contributed by atoms with Gasteiger partial charge in [0.2, 0.25) is 0 Å². The van der Waals surface area contributed by atoms with Crippen LogP contribution in [0.15, 0.2) is 12.2 Å². The van der Waals surface area contributed by atoms with Gasteiger partial charge in [0.1, 0.15) is 0 Å². The minimum atomic E-state index is -0.217. The highest BCUT2D eigenvalue weighted by atomic mass is 16.5. The SMILES string of the molecule is CCOC(=O)C1(CC)CC=CCC1. The molecule has 0 aromatic rings.